The van der Waals surface area contributed by atoms with Gasteiger partial charge in [-0.1, -0.05) is 25.5 Å². The van der Waals surface area contributed by atoms with Gasteiger partial charge in [0.2, 0.25) is 0 Å². The summed E-state index contributed by atoms with van der Waals surface area (Å²) in [5.41, 5.74) is 0.0175. The first-order valence-corrected chi connectivity index (χ1v) is 5.36. The first-order valence-electron chi connectivity index (χ1n) is 5.36. The highest BCUT2D eigenvalue weighted by Gasteiger charge is 2.15. The Kier molecular flexibility index (Phi) is 5.39. The van der Waals surface area contributed by atoms with Gasteiger partial charge in [0, 0.05) is 0 Å². The Hall–Kier alpha value is -1.65. The lowest BCUT2D eigenvalue weighted by Gasteiger charge is -2.09. The van der Waals surface area contributed by atoms with Crippen molar-refractivity contribution in [2.45, 2.75) is 26.4 Å². The van der Waals surface area contributed by atoms with Crippen LogP contribution in [0.5, 0.6) is 5.75 Å². The number of hydrogen-bond acceptors (Lipinski definition) is 3. The van der Waals surface area contributed by atoms with Crippen LogP contribution in [0.15, 0.2) is 24.3 Å². The van der Waals surface area contributed by atoms with Crippen LogP contribution in [0.2, 0.25) is 0 Å². The summed E-state index contributed by atoms with van der Waals surface area (Å²) in [5, 5.41) is 0. The van der Waals surface area contributed by atoms with Crippen molar-refractivity contribution in [3.8, 4) is 5.75 Å². The van der Waals surface area contributed by atoms with Crippen molar-refractivity contribution in [1.82, 2.24) is 0 Å². The molecule has 94 valence electrons. The summed E-state index contributed by atoms with van der Waals surface area (Å²) in [5.74, 6) is -0.807. The molecule has 17 heavy (non-hydrogen) atoms. The van der Waals surface area contributed by atoms with Crippen LogP contribution >= 0.6 is 0 Å². The summed E-state index contributed by atoms with van der Waals surface area (Å²) in [7, 11) is 0. The topological polar surface area (TPSA) is 35.5 Å². The van der Waals surface area contributed by atoms with E-state index in [1.807, 2.05) is 6.92 Å². The van der Waals surface area contributed by atoms with Crippen LogP contribution in [0.3, 0.4) is 0 Å². The van der Waals surface area contributed by atoms with Gasteiger partial charge in [-0.3, -0.25) is 0 Å². The molecule has 0 atom stereocenters. The van der Waals surface area contributed by atoms with E-state index in [-0.39, 0.29) is 17.9 Å². The van der Waals surface area contributed by atoms with Gasteiger partial charge in [-0.05, 0) is 18.6 Å². The first kappa shape index (κ1) is 13.4. The predicted octanol–water partition coefficient (Wildman–Crippen LogP) is 3.24. The number of alkyl halides is 2. The maximum Gasteiger partial charge on any atom is 0.387 e. The zero-order valence-electron chi connectivity index (χ0n) is 9.49. The van der Waals surface area contributed by atoms with Crippen molar-refractivity contribution in [1.29, 1.82) is 0 Å². The van der Waals surface area contributed by atoms with Crippen LogP contribution in [-0.4, -0.2) is 19.2 Å². The number of rotatable bonds is 6. The maximum absolute atomic E-state index is 12.1. The molecule has 0 aliphatic rings. The summed E-state index contributed by atoms with van der Waals surface area (Å²) >= 11 is 0. The number of ether oxygens (including phenoxy) is 2. The van der Waals surface area contributed by atoms with E-state index in [9.17, 15) is 13.6 Å². The Labute approximate surface area is 98.3 Å². The third-order valence-corrected chi connectivity index (χ3v) is 2.05. The summed E-state index contributed by atoms with van der Waals surface area (Å²) in [6.07, 6.45) is 1.63. The average Bonchev–Trinajstić information content (AvgIpc) is 2.29. The molecule has 0 amide bonds. The second-order valence-electron chi connectivity index (χ2n) is 3.36. The largest absolute Gasteiger partial charge is 0.462 e. The van der Waals surface area contributed by atoms with E-state index in [2.05, 4.69) is 4.74 Å². The quantitative estimate of drug-likeness (QED) is 0.569. The molecule has 1 rings (SSSR count). The van der Waals surface area contributed by atoms with Crippen molar-refractivity contribution in [3.63, 3.8) is 0 Å². The van der Waals surface area contributed by atoms with Crippen LogP contribution in [0.25, 0.3) is 0 Å². The molecule has 0 saturated carbocycles. The molecule has 0 N–H and O–H groups in total. The Morgan fingerprint density at radius 1 is 1.35 bits per heavy atom. The normalized spacial score (nSPS) is 10.4. The van der Waals surface area contributed by atoms with Gasteiger partial charge in [-0.15, -0.1) is 0 Å². The third kappa shape index (κ3) is 4.38. The number of para-hydroxylation sites is 1. The third-order valence-electron chi connectivity index (χ3n) is 2.05. The summed E-state index contributed by atoms with van der Waals surface area (Å²) in [6.45, 7) is -0.723. The molecule has 0 unspecified atom stereocenters. The van der Waals surface area contributed by atoms with Gasteiger partial charge in [-0.25, -0.2) is 4.79 Å². The highest BCUT2D eigenvalue weighted by molar-refractivity contribution is 5.92. The van der Waals surface area contributed by atoms with E-state index in [0.717, 1.165) is 12.8 Å². The fraction of sp³-hybridized carbons (Fsp3) is 0.417. The summed E-state index contributed by atoms with van der Waals surface area (Å²) in [6, 6.07) is 5.78. The minimum absolute atomic E-state index is 0.0175. The lowest BCUT2D eigenvalue weighted by Crippen LogP contribution is -2.11. The van der Waals surface area contributed by atoms with E-state index in [4.69, 9.17) is 4.74 Å². The van der Waals surface area contributed by atoms with E-state index < -0.39 is 12.6 Å². The molecule has 1 aromatic rings. The predicted molar refractivity (Wildman–Crippen MR) is 58.3 cm³/mol. The van der Waals surface area contributed by atoms with E-state index in [0.29, 0.717) is 0 Å². The zero-order valence-corrected chi connectivity index (χ0v) is 9.49. The van der Waals surface area contributed by atoms with E-state index in [1.54, 1.807) is 6.07 Å². The number of carbonyl (C=O) groups is 1. The molecular formula is C12H14F2O3. The standard InChI is InChI=1S/C12H14F2O3/c1-2-3-8-16-11(15)9-6-4-5-7-10(9)17-12(13)14/h4-7,12H,2-3,8H2,1H3. The molecule has 0 saturated heterocycles. The molecule has 0 aliphatic carbocycles. The molecule has 0 aliphatic heterocycles. The van der Waals surface area contributed by atoms with Crippen molar-refractivity contribution in [3.05, 3.63) is 29.8 Å². The molecule has 0 fully saturated rings. The number of carbonyl (C=O) groups excluding carboxylic acids is 1. The van der Waals surface area contributed by atoms with Crippen LogP contribution in [0.1, 0.15) is 30.1 Å². The molecule has 0 aromatic heterocycles. The van der Waals surface area contributed by atoms with Gasteiger partial charge in [0.1, 0.15) is 11.3 Å². The van der Waals surface area contributed by atoms with E-state index >= 15 is 0 Å². The fourth-order valence-electron chi connectivity index (χ4n) is 1.22. The molecule has 0 bridgehead atoms. The Morgan fingerprint density at radius 3 is 2.71 bits per heavy atom. The summed E-state index contributed by atoms with van der Waals surface area (Å²) < 4.78 is 33.4. The Balaban J connectivity index is 2.71. The minimum Gasteiger partial charge on any atom is -0.462 e. The van der Waals surface area contributed by atoms with Crippen molar-refractivity contribution in [2.75, 3.05) is 6.61 Å². The average molecular weight is 244 g/mol. The van der Waals surface area contributed by atoms with Gasteiger partial charge < -0.3 is 9.47 Å². The number of unbranched alkanes of at least 4 members (excludes halogenated alkanes) is 1. The fourth-order valence-corrected chi connectivity index (χ4v) is 1.22. The summed E-state index contributed by atoms with van der Waals surface area (Å²) in [4.78, 5) is 11.6. The second kappa shape index (κ2) is 6.83. The van der Waals surface area contributed by atoms with Crippen molar-refractivity contribution < 1.29 is 23.0 Å². The molecule has 0 heterocycles. The van der Waals surface area contributed by atoms with Crippen molar-refractivity contribution in [2.24, 2.45) is 0 Å². The molecule has 0 radical (unpaired) electrons. The van der Waals surface area contributed by atoms with Gasteiger partial charge in [0.05, 0.1) is 6.61 Å². The minimum atomic E-state index is -2.96. The molecule has 0 spiro atoms. The smallest absolute Gasteiger partial charge is 0.387 e. The number of esters is 1. The zero-order chi connectivity index (χ0) is 12.7. The first-order chi connectivity index (χ1) is 8.15. The SMILES string of the molecule is CCCCOC(=O)c1ccccc1OC(F)F. The van der Waals surface area contributed by atoms with Gasteiger partial charge in [0.25, 0.3) is 0 Å². The lowest BCUT2D eigenvalue weighted by molar-refractivity contribution is -0.0504. The highest BCUT2D eigenvalue weighted by atomic mass is 19.3. The monoisotopic (exact) mass is 244 g/mol. The number of hydrogen-bond donors (Lipinski definition) is 0. The van der Waals surface area contributed by atoms with Gasteiger partial charge in [-0.2, -0.15) is 8.78 Å². The Bertz CT molecular complexity index is 367. The molecule has 3 nitrogen and oxygen atoms in total. The van der Waals surface area contributed by atoms with E-state index in [1.165, 1.54) is 18.2 Å². The number of benzene rings is 1. The molecule has 1 aromatic carbocycles. The van der Waals surface area contributed by atoms with Gasteiger partial charge >= 0.3 is 12.6 Å². The van der Waals surface area contributed by atoms with Crippen LogP contribution in [-0.2, 0) is 4.74 Å². The molecular weight excluding hydrogens is 230 g/mol. The highest BCUT2D eigenvalue weighted by Crippen LogP contribution is 2.21. The molecule has 5 heteroatoms. The van der Waals surface area contributed by atoms with Gasteiger partial charge in [0.15, 0.2) is 0 Å². The maximum atomic E-state index is 12.1. The Morgan fingerprint density at radius 2 is 2.06 bits per heavy atom. The number of halogens is 2. The second-order valence-corrected chi connectivity index (χ2v) is 3.36. The van der Waals surface area contributed by atoms with Crippen LogP contribution in [0, 0.1) is 0 Å². The van der Waals surface area contributed by atoms with Crippen LogP contribution in [0.4, 0.5) is 8.78 Å². The van der Waals surface area contributed by atoms with Crippen LogP contribution < -0.4 is 4.74 Å². The lowest BCUT2D eigenvalue weighted by atomic mass is 10.2. The van der Waals surface area contributed by atoms with Crippen molar-refractivity contribution >= 4 is 5.97 Å².